The summed E-state index contributed by atoms with van der Waals surface area (Å²) in [7, 11) is 0. The number of unbranched alkanes of at least 4 members (excludes halogenated alkanes) is 2. The standard InChI is InChI=1S/C28H31N/c1-3-5-12-22-20-27-24-17-11-10-13-21(24)18-19-26(27)28(25(22)16-6-4-2)29-23-14-8-7-9-15-23/h7-11,13-15,17-20,29H,3-6,12,16H2,1-2H3. The van der Waals surface area contributed by atoms with E-state index in [2.05, 4.69) is 92.0 Å². The minimum absolute atomic E-state index is 1.13. The van der Waals surface area contributed by atoms with Crippen molar-refractivity contribution < 1.29 is 0 Å². The highest BCUT2D eigenvalue weighted by atomic mass is 14.9. The Labute approximate surface area is 174 Å². The summed E-state index contributed by atoms with van der Waals surface area (Å²) in [6, 6.07) is 26.4. The molecule has 0 saturated carbocycles. The van der Waals surface area contributed by atoms with Gasteiger partial charge in [-0.3, -0.25) is 0 Å². The Morgan fingerprint density at radius 2 is 1.38 bits per heavy atom. The Morgan fingerprint density at radius 1 is 0.655 bits per heavy atom. The lowest BCUT2D eigenvalue weighted by atomic mass is 9.90. The van der Waals surface area contributed by atoms with Crippen LogP contribution < -0.4 is 5.32 Å². The van der Waals surface area contributed by atoms with Gasteiger partial charge in [0.25, 0.3) is 0 Å². The summed E-state index contributed by atoms with van der Waals surface area (Å²) in [6.45, 7) is 4.57. The zero-order valence-electron chi connectivity index (χ0n) is 17.7. The van der Waals surface area contributed by atoms with Gasteiger partial charge in [0.1, 0.15) is 0 Å². The van der Waals surface area contributed by atoms with Crippen molar-refractivity contribution in [3.8, 4) is 0 Å². The number of aryl methyl sites for hydroxylation is 1. The van der Waals surface area contributed by atoms with E-state index in [4.69, 9.17) is 0 Å². The molecule has 0 unspecified atom stereocenters. The first-order chi connectivity index (χ1) is 14.3. The third-order valence-corrected chi connectivity index (χ3v) is 5.87. The van der Waals surface area contributed by atoms with Crippen LogP contribution in [0.5, 0.6) is 0 Å². The average Bonchev–Trinajstić information content (AvgIpc) is 2.77. The molecule has 4 aromatic carbocycles. The van der Waals surface area contributed by atoms with Crippen molar-refractivity contribution >= 4 is 32.9 Å². The topological polar surface area (TPSA) is 12.0 Å². The van der Waals surface area contributed by atoms with Gasteiger partial charge in [-0.2, -0.15) is 0 Å². The number of nitrogens with one attached hydrogen (secondary N) is 1. The molecule has 4 aromatic rings. The van der Waals surface area contributed by atoms with Gasteiger partial charge >= 0.3 is 0 Å². The smallest absolute Gasteiger partial charge is 0.0499 e. The van der Waals surface area contributed by atoms with Gasteiger partial charge in [-0.25, -0.2) is 0 Å². The quantitative estimate of drug-likeness (QED) is 0.302. The Bertz CT molecular complexity index is 1100. The van der Waals surface area contributed by atoms with E-state index >= 15 is 0 Å². The molecular weight excluding hydrogens is 350 g/mol. The van der Waals surface area contributed by atoms with Crippen LogP contribution >= 0.6 is 0 Å². The molecule has 1 heteroatoms. The summed E-state index contributed by atoms with van der Waals surface area (Å²) in [5.74, 6) is 0. The van der Waals surface area contributed by atoms with Gasteiger partial charge in [0.05, 0.1) is 0 Å². The molecular formula is C28H31N. The second-order valence-corrected chi connectivity index (χ2v) is 7.97. The Morgan fingerprint density at radius 3 is 2.17 bits per heavy atom. The molecule has 0 aliphatic carbocycles. The lowest BCUT2D eigenvalue weighted by Crippen LogP contribution is -2.03. The largest absolute Gasteiger partial charge is 0.355 e. The van der Waals surface area contributed by atoms with E-state index < -0.39 is 0 Å². The second kappa shape index (κ2) is 9.13. The van der Waals surface area contributed by atoms with Gasteiger partial charge < -0.3 is 5.32 Å². The van der Waals surface area contributed by atoms with Crippen LogP contribution in [-0.4, -0.2) is 0 Å². The van der Waals surface area contributed by atoms with Crippen LogP contribution in [0.15, 0.2) is 72.8 Å². The molecule has 0 heterocycles. The average molecular weight is 382 g/mol. The Hall–Kier alpha value is -2.80. The minimum Gasteiger partial charge on any atom is -0.355 e. The molecule has 0 spiro atoms. The lowest BCUT2D eigenvalue weighted by Gasteiger charge is -2.21. The molecule has 0 fully saturated rings. The van der Waals surface area contributed by atoms with Crippen molar-refractivity contribution in [2.75, 3.05) is 5.32 Å². The third kappa shape index (κ3) is 4.15. The van der Waals surface area contributed by atoms with E-state index in [9.17, 15) is 0 Å². The van der Waals surface area contributed by atoms with Crippen LogP contribution in [0.3, 0.4) is 0 Å². The summed E-state index contributed by atoms with van der Waals surface area (Å²) in [5.41, 5.74) is 5.49. The molecule has 0 atom stereocenters. The van der Waals surface area contributed by atoms with Crippen molar-refractivity contribution in [1.29, 1.82) is 0 Å². The first-order valence-electron chi connectivity index (χ1n) is 11.1. The highest BCUT2D eigenvalue weighted by Gasteiger charge is 2.15. The molecule has 0 saturated heterocycles. The second-order valence-electron chi connectivity index (χ2n) is 7.97. The van der Waals surface area contributed by atoms with Gasteiger partial charge in [-0.1, -0.05) is 87.4 Å². The molecule has 0 bridgehead atoms. The van der Waals surface area contributed by atoms with Crippen molar-refractivity contribution in [3.63, 3.8) is 0 Å². The number of fused-ring (bicyclic) bond motifs is 3. The number of para-hydroxylation sites is 1. The molecule has 0 aliphatic heterocycles. The third-order valence-electron chi connectivity index (χ3n) is 5.87. The van der Waals surface area contributed by atoms with Crippen LogP contribution in [0.2, 0.25) is 0 Å². The summed E-state index contributed by atoms with van der Waals surface area (Å²) in [6.07, 6.45) is 7.18. The molecule has 29 heavy (non-hydrogen) atoms. The molecule has 0 aliphatic rings. The van der Waals surface area contributed by atoms with Crippen LogP contribution in [0.1, 0.15) is 50.7 Å². The normalized spacial score (nSPS) is 11.2. The fourth-order valence-electron chi connectivity index (χ4n) is 4.29. The van der Waals surface area contributed by atoms with Crippen LogP contribution in [-0.2, 0) is 12.8 Å². The number of hydrogen-bond acceptors (Lipinski definition) is 1. The summed E-state index contributed by atoms with van der Waals surface area (Å²) in [5, 5.41) is 9.17. The first kappa shape index (κ1) is 19.5. The van der Waals surface area contributed by atoms with Crippen LogP contribution in [0.25, 0.3) is 21.5 Å². The van der Waals surface area contributed by atoms with Gasteiger partial charge in [0, 0.05) is 16.8 Å². The van der Waals surface area contributed by atoms with Crippen LogP contribution in [0.4, 0.5) is 11.4 Å². The monoisotopic (exact) mass is 381 g/mol. The summed E-state index contributed by atoms with van der Waals surface area (Å²) < 4.78 is 0. The van der Waals surface area contributed by atoms with Crippen molar-refractivity contribution in [2.24, 2.45) is 0 Å². The van der Waals surface area contributed by atoms with E-state index in [0.717, 1.165) is 18.5 Å². The van der Waals surface area contributed by atoms with Crippen molar-refractivity contribution in [3.05, 3.63) is 83.9 Å². The molecule has 0 radical (unpaired) electrons. The van der Waals surface area contributed by atoms with Crippen molar-refractivity contribution in [2.45, 2.75) is 52.4 Å². The number of anilines is 2. The van der Waals surface area contributed by atoms with Gasteiger partial charge in [0.2, 0.25) is 0 Å². The fourth-order valence-corrected chi connectivity index (χ4v) is 4.29. The Balaban J connectivity index is 1.98. The maximum Gasteiger partial charge on any atom is 0.0499 e. The predicted octanol–water partition coefficient (Wildman–Crippen LogP) is 8.42. The lowest BCUT2D eigenvalue weighted by molar-refractivity contribution is 0.760. The zero-order chi connectivity index (χ0) is 20.1. The highest BCUT2D eigenvalue weighted by Crippen LogP contribution is 2.38. The molecule has 1 N–H and O–H groups in total. The van der Waals surface area contributed by atoms with Gasteiger partial charge in [0.15, 0.2) is 0 Å². The van der Waals surface area contributed by atoms with E-state index in [-0.39, 0.29) is 0 Å². The zero-order valence-corrected chi connectivity index (χ0v) is 17.7. The van der Waals surface area contributed by atoms with E-state index in [1.165, 1.54) is 64.0 Å². The summed E-state index contributed by atoms with van der Waals surface area (Å²) >= 11 is 0. The van der Waals surface area contributed by atoms with Gasteiger partial charge in [-0.05, 0) is 65.1 Å². The fraction of sp³-hybridized carbons (Fsp3) is 0.286. The van der Waals surface area contributed by atoms with Crippen LogP contribution in [0, 0.1) is 0 Å². The first-order valence-corrected chi connectivity index (χ1v) is 11.1. The summed E-state index contributed by atoms with van der Waals surface area (Å²) in [4.78, 5) is 0. The number of hydrogen-bond donors (Lipinski definition) is 1. The predicted molar refractivity (Wildman–Crippen MR) is 128 cm³/mol. The van der Waals surface area contributed by atoms with E-state index in [1.54, 1.807) is 0 Å². The highest BCUT2D eigenvalue weighted by molar-refractivity contribution is 6.12. The Kier molecular flexibility index (Phi) is 6.14. The van der Waals surface area contributed by atoms with E-state index in [1.807, 2.05) is 0 Å². The van der Waals surface area contributed by atoms with Gasteiger partial charge in [-0.15, -0.1) is 0 Å². The molecule has 4 rings (SSSR count). The van der Waals surface area contributed by atoms with E-state index in [0.29, 0.717) is 0 Å². The number of rotatable bonds is 8. The van der Waals surface area contributed by atoms with Crippen molar-refractivity contribution in [1.82, 2.24) is 0 Å². The molecule has 148 valence electrons. The maximum absolute atomic E-state index is 3.81. The molecule has 1 nitrogen and oxygen atoms in total. The SMILES string of the molecule is CCCCc1cc2c(ccc3ccccc32)c(Nc2ccccc2)c1CCCC. The minimum atomic E-state index is 1.13. The molecule has 0 amide bonds. The number of benzene rings is 4. The molecule has 0 aromatic heterocycles. The maximum atomic E-state index is 3.81.